The van der Waals surface area contributed by atoms with E-state index in [0.717, 1.165) is 35.0 Å². The molecule has 1 spiro atoms. The van der Waals surface area contributed by atoms with Crippen LogP contribution in [0.1, 0.15) is 123 Å². The van der Waals surface area contributed by atoms with Gasteiger partial charge in [-0.25, -0.2) is 18.2 Å². The molecule has 3 N–H and O–H groups in total. The van der Waals surface area contributed by atoms with Gasteiger partial charge in [-0.2, -0.15) is 0 Å². The second-order valence-electron chi connectivity index (χ2n) is 18.2. The Bertz CT molecular complexity index is 2110. The highest BCUT2D eigenvalue weighted by molar-refractivity contribution is 7.91. The molecule has 3 fully saturated rings. The highest BCUT2D eigenvalue weighted by Gasteiger charge is 2.64. The number of sulfonamides is 1. The summed E-state index contributed by atoms with van der Waals surface area (Å²) in [6.07, 6.45) is 8.58. The number of nitrogens with one attached hydrogen (secondary N) is 3. The van der Waals surface area contributed by atoms with Crippen LogP contribution < -0.4 is 24.8 Å². The zero-order chi connectivity index (χ0) is 41.1. The molecule has 7 rings (SSSR count). The number of amides is 4. The average molecular weight is 808 g/mol. The van der Waals surface area contributed by atoms with E-state index in [9.17, 15) is 27.6 Å². The molecular weight excluding hydrogens is 751 g/mol. The van der Waals surface area contributed by atoms with Crippen LogP contribution in [0.25, 0.3) is 10.9 Å². The third kappa shape index (κ3) is 8.05. The van der Waals surface area contributed by atoms with Crippen LogP contribution in [-0.2, 0) is 35.6 Å². The molecule has 1 unspecified atom stereocenters. The lowest BCUT2D eigenvalue weighted by Gasteiger charge is -2.37. The van der Waals surface area contributed by atoms with E-state index in [2.05, 4.69) is 15.4 Å². The minimum Gasteiger partial charge on any atom is -0.497 e. The summed E-state index contributed by atoms with van der Waals surface area (Å²) >= 11 is 0. The van der Waals surface area contributed by atoms with Gasteiger partial charge in [0.1, 0.15) is 40.3 Å². The van der Waals surface area contributed by atoms with Crippen LogP contribution in [0.4, 0.5) is 4.79 Å². The van der Waals surface area contributed by atoms with E-state index in [0.29, 0.717) is 56.4 Å². The minimum atomic E-state index is -4.00. The van der Waals surface area contributed by atoms with Gasteiger partial charge in [0.15, 0.2) is 0 Å². The third-order valence-electron chi connectivity index (χ3n) is 12.3. The summed E-state index contributed by atoms with van der Waals surface area (Å²) in [6, 6.07) is 3.65. The number of benzene rings is 1. The summed E-state index contributed by atoms with van der Waals surface area (Å²) in [5.74, 6) is -0.960. The Morgan fingerprint density at radius 2 is 1.84 bits per heavy atom. The molecule has 1 aromatic carbocycles. The van der Waals surface area contributed by atoms with Crippen molar-refractivity contribution in [2.45, 2.75) is 152 Å². The maximum atomic E-state index is 14.8. The van der Waals surface area contributed by atoms with Gasteiger partial charge < -0.3 is 29.7 Å². The number of hydrogen-bond donors (Lipinski definition) is 3. The predicted molar refractivity (Wildman–Crippen MR) is 213 cm³/mol. The Hall–Kier alpha value is -4.40. The maximum absolute atomic E-state index is 14.8. The highest BCUT2D eigenvalue weighted by atomic mass is 32.2. The summed E-state index contributed by atoms with van der Waals surface area (Å²) in [7, 11) is -2.38. The first kappa shape index (κ1) is 40.8. The Balaban J connectivity index is 1.26. The molecule has 5 aliphatic rings. The number of ether oxygens (including phenoxy) is 3. The van der Waals surface area contributed by atoms with E-state index in [1.807, 2.05) is 44.2 Å². The number of methoxy groups -OCH3 is 1. The van der Waals surface area contributed by atoms with E-state index in [-0.39, 0.29) is 25.3 Å². The first-order valence-electron chi connectivity index (χ1n) is 20.3. The van der Waals surface area contributed by atoms with Gasteiger partial charge >= 0.3 is 6.09 Å². The quantitative estimate of drug-likeness (QED) is 0.323. The summed E-state index contributed by atoms with van der Waals surface area (Å²) in [5.41, 5.74) is -0.771. The molecule has 2 saturated carbocycles. The first-order chi connectivity index (χ1) is 26.8. The number of rotatable bonds is 6. The van der Waals surface area contributed by atoms with Gasteiger partial charge in [0.2, 0.25) is 21.8 Å². The zero-order valence-electron chi connectivity index (χ0n) is 34.2. The summed E-state index contributed by atoms with van der Waals surface area (Å²) < 4.78 is 45.9. The predicted octanol–water partition coefficient (Wildman–Crippen LogP) is 5.32. The Morgan fingerprint density at radius 1 is 1.09 bits per heavy atom. The SMILES string of the molecule is COc1ccc2nc(C(C)C)c3c(c2c1)CC[C@]1(C[C@H]2C(=O)N[C@]4(C(=O)NS(=O)(=O)C5(C)CC5)C[C@@H]4/C=C\CCCCCC(NC(=O)OC(C)(C)C)C(=O)N2C1)O3. The van der Waals surface area contributed by atoms with Crippen molar-refractivity contribution < 1.29 is 41.8 Å². The molecule has 0 bridgehead atoms. The summed E-state index contributed by atoms with van der Waals surface area (Å²) in [4.78, 5) is 63.2. The molecule has 1 saturated heterocycles. The monoisotopic (exact) mass is 807 g/mol. The van der Waals surface area contributed by atoms with Crippen molar-refractivity contribution in [1.29, 1.82) is 0 Å². The highest BCUT2D eigenvalue weighted by Crippen LogP contribution is 2.49. The number of aromatic nitrogens is 1. The number of alkyl carbamates (subject to hydrolysis) is 1. The van der Waals surface area contributed by atoms with E-state index in [4.69, 9.17) is 19.2 Å². The normalized spacial score (nSPS) is 29.1. The molecule has 5 atom stereocenters. The standard InChI is InChI=1S/C42H57N5O9S/c1-25(2)33-34-28(29-21-27(54-7)15-16-30(29)43-33)17-18-41(55-34)23-32-35(48)45-42(37(50)46-57(52,53)40(6)19-20-40)22-26(42)13-11-9-8-10-12-14-31(36(49)47(32)24-41)44-38(51)56-39(3,4)5/h11,13,15-16,21,25-26,31-32H,8-10,12,14,17-20,22-24H2,1-7H3,(H,44,51)(H,45,48)(H,46,50)/b13-11-/t26-,31?,32-,41+,42+/m0/s1. The topological polar surface area (TPSA) is 182 Å². The molecule has 4 heterocycles. The van der Waals surface area contributed by atoms with Gasteiger partial charge in [0, 0.05) is 23.3 Å². The lowest BCUT2D eigenvalue weighted by molar-refractivity contribution is -0.141. The van der Waals surface area contributed by atoms with Crippen LogP contribution in [0.2, 0.25) is 0 Å². The molecule has 0 radical (unpaired) electrons. The van der Waals surface area contributed by atoms with Crippen LogP contribution >= 0.6 is 0 Å². The molecule has 310 valence electrons. The van der Waals surface area contributed by atoms with Crippen LogP contribution in [0.3, 0.4) is 0 Å². The number of carbonyl (C=O) groups excluding carboxylic acids is 4. The van der Waals surface area contributed by atoms with Gasteiger partial charge in [-0.1, -0.05) is 38.8 Å². The third-order valence-corrected chi connectivity index (χ3v) is 14.4. The van der Waals surface area contributed by atoms with Crippen LogP contribution in [-0.4, -0.2) is 89.3 Å². The van der Waals surface area contributed by atoms with Gasteiger partial charge in [0.05, 0.1) is 29.6 Å². The summed E-state index contributed by atoms with van der Waals surface area (Å²) in [5, 5.41) is 6.67. The lowest BCUT2D eigenvalue weighted by Crippen LogP contribution is -2.58. The number of aryl methyl sites for hydroxylation is 1. The van der Waals surface area contributed by atoms with E-state index >= 15 is 0 Å². The fourth-order valence-corrected chi connectivity index (χ4v) is 9.81. The van der Waals surface area contributed by atoms with Crippen molar-refractivity contribution >= 4 is 44.7 Å². The van der Waals surface area contributed by atoms with Crippen molar-refractivity contribution in [3.05, 3.63) is 41.6 Å². The first-order valence-corrected chi connectivity index (χ1v) is 21.8. The van der Waals surface area contributed by atoms with Crippen LogP contribution in [0, 0.1) is 5.92 Å². The Morgan fingerprint density at radius 3 is 2.53 bits per heavy atom. The summed E-state index contributed by atoms with van der Waals surface area (Å²) in [6.45, 7) is 11.0. The number of allylic oxidation sites excluding steroid dienone is 1. The Kier molecular flexibility index (Phi) is 10.6. The molecule has 57 heavy (non-hydrogen) atoms. The van der Waals surface area contributed by atoms with Gasteiger partial charge in [-0.05, 0) is 103 Å². The number of hydrogen-bond acceptors (Lipinski definition) is 10. The lowest BCUT2D eigenvalue weighted by atomic mass is 9.86. The van der Waals surface area contributed by atoms with Crippen molar-refractivity contribution in [2.75, 3.05) is 13.7 Å². The Labute approximate surface area is 335 Å². The molecule has 2 aliphatic carbocycles. The molecule has 2 aromatic rings. The number of pyridine rings is 1. The minimum absolute atomic E-state index is 0.00740. The fourth-order valence-electron chi connectivity index (χ4n) is 8.50. The van der Waals surface area contributed by atoms with Crippen molar-refractivity contribution in [2.24, 2.45) is 5.92 Å². The smallest absolute Gasteiger partial charge is 0.408 e. The molecule has 15 heteroatoms. The molecule has 4 amide bonds. The van der Waals surface area contributed by atoms with Crippen molar-refractivity contribution in [1.82, 2.24) is 25.2 Å². The molecule has 3 aliphatic heterocycles. The average Bonchev–Trinajstić information content (AvgIpc) is 4.03. The van der Waals surface area contributed by atoms with E-state index in [1.54, 1.807) is 34.8 Å². The maximum Gasteiger partial charge on any atom is 0.408 e. The largest absolute Gasteiger partial charge is 0.497 e. The second-order valence-corrected chi connectivity index (χ2v) is 20.4. The van der Waals surface area contributed by atoms with Crippen LogP contribution in [0.15, 0.2) is 30.4 Å². The van der Waals surface area contributed by atoms with Crippen molar-refractivity contribution in [3.8, 4) is 11.5 Å². The molecule has 1 aromatic heterocycles. The van der Waals surface area contributed by atoms with E-state index in [1.165, 1.54) is 4.90 Å². The van der Waals surface area contributed by atoms with Gasteiger partial charge in [-0.3, -0.25) is 19.1 Å². The number of fused-ring (bicyclic) bond motifs is 5. The molecule has 14 nitrogen and oxygen atoms in total. The van der Waals surface area contributed by atoms with E-state index < -0.39 is 73.3 Å². The van der Waals surface area contributed by atoms with Crippen LogP contribution in [0.5, 0.6) is 11.5 Å². The number of nitrogens with zero attached hydrogens (tertiary/aromatic N) is 2. The fraction of sp³-hybridized carbons (Fsp3) is 0.643. The van der Waals surface area contributed by atoms with Crippen molar-refractivity contribution in [3.63, 3.8) is 0 Å². The zero-order valence-corrected chi connectivity index (χ0v) is 35.0. The molecular formula is C42H57N5O9S. The second kappa shape index (κ2) is 14.8. The van der Waals surface area contributed by atoms with Gasteiger partial charge in [0.25, 0.3) is 5.91 Å². The van der Waals surface area contributed by atoms with Gasteiger partial charge in [-0.15, -0.1) is 0 Å². The number of carbonyl (C=O) groups is 4.